The van der Waals surface area contributed by atoms with Crippen LogP contribution in [0.4, 0.5) is 0 Å². The van der Waals surface area contributed by atoms with Gasteiger partial charge in [-0.3, -0.25) is 13.9 Å². The molecule has 0 aliphatic heterocycles. The van der Waals surface area contributed by atoms with Gasteiger partial charge in [0.25, 0.3) is 5.56 Å². The fourth-order valence-corrected chi connectivity index (χ4v) is 3.29. The number of benzene rings is 1. The Hall–Kier alpha value is -2.61. The van der Waals surface area contributed by atoms with Crippen molar-refractivity contribution in [2.24, 2.45) is 14.1 Å². The van der Waals surface area contributed by atoms with Crippen LogP contribution in [-0.4, -0.2) is 19.3 Å². The Morgan fingerprint density at radius 1 is 1.12 bits per heavy atom. The molecule has 130 valence electrons. The van der Waals surface area contributed by atoms with Crippen molar-refractivity contribution in [3.63, 3.8) is 0 Å². The third-order valence-corrected chi connectivity index (χ3v) is 4.91. The normalized spacial score (nSPS) is 11.0. The van der Waals surface area contributed by atoms with Crippen molar-refractivity contribution in [3.8, 4) is 11.4 Å². The Morgan fingerprint density at radius 3 is 2.64 bits per heavy atom. The molecule has 3 rings (SSSR count). The van der Waals surface area contributed by atoms with E-state index in [0.717, 1.165) is 15.7 Å². The van der Waals surface area contributed by atoms with Crippen LogP contribution in [0.2, 0.25) is 0 Å². The minimum atomic E-state index is -0.331. The first-order valence-electron chi connectivity index (χ1n) is 7.69. The van der Waals surface area contributed by atoms with Crippen LogP contribution in [0.15, 0.2) is 44.4 Å². The fourth-order valence-electron chi connectivity index (χ4n) is 2.41. The minimum Gasteiger partial charge on any atom is -0.338 e. The molecule has 3 aromatic rings. The first-order valence-corrected chi connectivity index (χ1v) is 8.85. The summed E-state index contributed by atoms with van der Waals surface area (Å²) in [7, 11) is 3.12. The van der Waals surface area contributed by atoms with Gasteiger partial charge in [0.05, 0.1) is 5.75 Å². The first kappa shape index (κ1) is 17.2. The highest BCUT2D eigenvalue weighted by Crippen LogP contribution is 2.22. The average molecular weight is 358 g/mol. The van der Waals surface area contributed by atoms with Crippen molar-refractivity contribution in [1.82, 2.24) is 19.3 Å². The number of rotatable bonds is 5. The number of thioether (sulfide) groups is 1. The Bertz CT molecular complexity index is 1020. The van der Waals surface area contributed by atoms with E-state index in [1.165, 1.54) is 29.4 Å². The lowest BCUT2D eigenvalue weighted by atomic mass is 10.1. The van der Waals surface area contributed by atoms with Crippen molar-refractivity contribution in [2.45, 2.75) is 18.4 Å². The van der Waals surface area contributed by atoms with E-state index in [-0.39, 0.29) is 11.2 Å². The Morgan fingerprint density at radius 2 is 1.88 bits per heavy atom. The lowest BCUT2D eigenvalue weighted by molar-refractivity contribution is 0.391. The summed E-state index contributed by atoms with van der Waals surface area (Å²) in [6.07, 6.45) is 0. The third-order valence-electron chi connectivity index (χ3n) is 3.95. The zero-order valence-electron chi connectivity index (χ0n) is 14.2. The van der Waals surface area contributed by atoms with Crippen LogP contribution in [0.5, 0.6) is 0 Å². The summed E-state index contributed by atoms with van der Waals surface area (Å²) in [4.78, 5) is 28.1. The van der Waals surface area contributed by atoms with Gasteiger partial charge in [0.2, 0.25) is 11.7 Å². The molecule has 0 bridgehead atoms. The summed E-state index contributed by atoms with van der Waals surface area (Å²) >= 11 is 1.51. The maximum absolute atomic E-state index is 11.9. The minimum absolute atomic E-state index is 0.307. The van der Waals surface area contributed by atoms with E-state index in [9.17, 15) is 9.59 Å². The van der Waals surface area contributed by atoms with Crippen LogP contribution in [0.1, 0.15) is 17.1 Å². The van der Waals surface area contributed by atoms with Gasteiger partial charge in [-0.15, -0.1) is 11.8 Å². The van der Waals surface area contributed by atoms with Crippen LogP contribution in [0.3, 0.4) is 0 Å². The Kier molecular flexibility index (Phi) is 4.89. The van der Waals surface area contributed by atoms with Crippen LogP contribution in [0.25, 0.3) is 11.4 Å². The summed E-state index contributed by atoms with van der Waals surface area (Å²) in [5.74, 6) is 2.08. The molecular weight excluding hydrogens is 340 g/mol. The second kappa shape index (κ2) is 7.10. The molecule has 0 radical (unpaired) electrons. The number of hydrogen-bond acceptors (Lipinski definition) is 6. The molecular formula is C17H18N4O3S. The highest BCUT2D eigenvalue weighted by atomic mass is 32.2. The maximum atomic E-state index is 11.9. The predicted octanol–water partition coefficient (Wildman–Crippen LogP) is 1.88. The number of nitrogens with zero attached hydrogens (tertiary/aromatic N) is 4. The molecule has 0 unspecified atom stereocenters. The standard InChI is InChI=1S/C17H18N4O3S/c1-11-6-4-5-7-13(11)16-18-14(24-19-16)10-25-9-12-8-15(22)21(3)17(23)20(12)2/h4-8H,9-10H2,1-3H3. The Balaban J connectivity index is 1.69. The summed E-state index contributed by atoms with van der Waals surface area (Å²) in [5.41, 5.74) is 2.05. The lowest BCUT2D eigenvalue weighted by Gasteiger charge is -2.08. The van der Waals surface area contributed by atoms with E-state index in [1.807, 2.05) is 31.2 Å². The molecule has 8 heteroatoms. The van der Waals surface area contributed by atoms with Crippen molar-refractivity contribution in [3.05, 3.63) is 68.3 Å². The molecule has 0 aliphatic rings. The van der Waals surface area contributed by atoms with Gasteiger partial charge in [-0.2, -0.15) is 4.98 Å². The van der Waals surface area contributed by atoms with Crippen molar-refractivity contribution in [2.75, 3.05) is 0 Å². The van der Waals surface area contributed by atoms with E-state index in [1.54, 1.807) is 7.05 Å². The SMILES string of the molecule is Cc1ccccc1-c1noc(CSCc2cc(=O)n(C)c(=O)n2C)n1. The molecule has 2 aromatic heterocycles. The van der Waals surface area contributed by atoms with Gasteiger partial charge in [-0.05, 0) is 12.5 Å². The summed E-state index contributed by atoms with van der Waals surface area (Å²) in [5, 5.41) is 4.02. The molecule has 0 fully saturated rings. The van der Waals surface area contributed by atoms with E-state index in [4.69, 9.17) is 4.52 Å². The maximum Gasteiger partial charge on any atom is 0.330 e. The first-order chi connectivity index (χ1) is 12.0. The highest BCUT2D eigenvalue weighted by Gasteiger charge is 2.11. The molecule has 0 amide bonds. The summed E-state index contributed by atoms with van der Waals surface area (Å²) < 4.78 is 7.85. The van der Waals surface area contributed by atoms with Crippen LogP contribution in [-0.2, 0) is 25.6 Å². The van der Waals surface area contributed by atoms with Crippen molar-refractivity contribution >= 4 is 11.8 Å². The Labute approximate surface area is 148 Å². The van der Waals surface area contributed by atoms with Crippen molar-refractivity contribution < 1.29 is 4.52 Å². The molecule has 25 heavy (non-hydrogen) atoms. The van der Waals surface area contributed by atoms with E-state index in [2.05, 4.69) is 10.1 Å². The smallest absolute Gasteiger partial charge is 0.330 e. The second-order valence-corrected chi connectivity index (χ2v) is 6.68. The topological polar surface area (TPSA) is 82.9 Å². The number of aromatic nitrogens is 4. The van der Waals surface area contributed by atoms with Gasteiger partial charge < -0.3 is 4.52 Å². The van der Waals surface area contributed by atoms with E-state index < -0.39 is 0 Å². The number of hydrogen-bond donors (Lipinski definition) is 0. The molecule has 0 spiro atoms. The summed E-state index contributed by atoms with van der Waals surface area (Å²) in [6, 6.07) is 9.32. The molecule has 0 saturated heterocycles. The van der Waals surface area contributed by atoms with E-state index in [0.29, 0.717) is 28.9 Å². The average Bonchev–Trinajstić information content (AvgIpc) is 3.06. The third kappa shape index (κ3) is 3.58. The van der Waals surface area contributed by atoms with Gasteiger partial charge >= 0.3 is 5.69 Å². The molecule has 0 saturated carbocycles. The van der Waals surface area contributed by atoms with E-state index >= 15 is 0 Å². The molecule has 0 aliphatic carbocycles. The van der Waals surface area contributed by atoms with Gasteiger partial charge in [0.15, 0.2) is 0 Å². The molecule has 1 aromatic carbocycles. The fraction of sp³-hybridized carbons (Fsp3) is 0.294. The van der Waals surface area contributed by atoms with Gasteiger partial charge in [-0.1, -0.05) is 29.4 Å². The number of aryl methyl sites for hydroxylation is 1. The predicted molar refractivity (Wildman–Crippen MR) is 96.4 cm³/mol. The van der Waals surface area contributed by atoms with Crippen molar-refractivity contribution in [1.29, 1.82) is 0 Å². The van der Waals surface area contributed by atoms with Gasteiger partial charge in [0.1, 0.15) is 0 Å². The van der Waals surface area contributed by atoms with Crippen LogP contribution in [0, 0.1) is 6.92 Å². The molecule has 0 N–H and O–H groups in total. The van der Waals surface area contributed by atoms with Gasteiger partial charge in [0, 0.05) is 37.2 Å². The quantitative estimate of drug-likeness (QED) is 0.692. The summed E-state index contributed by atoms with van der Waals surface area (Å²) in [6.45, 7) is 2.00. The zero-order valence-corrected chi connectivity index (χ0v) is 15.0. The molecule has 7 nitrogen and oxygen atoms in total. The molecule has 2 heterocycles. The van der Waals surface area contributed by atoms with Gasteiger partial charge in [-0.25, -0.2) is 4.79 Å². The van der Waals surface area contributed by atoms with Crippen LogP contribution < -0.4 is 11.2 Å². The largest absolute Gasteiger partial charge is 0.338 e. The van der Waals surface area contributed by atoms with Crippen LogP contribution >= 0.6 is 11.8 Å². The highest BCUT2D eigenvalue weighted by molar-refractivity contribution is 7.97. The lowest BCUT2D eigenvalue weighted by Crippen LogP contribution is -2.37. The monoisotopic (exact) mass is 358 g/mol. The zero-order chi connectivity index (χ0) is 18.0. The second-order valence-electron chi connectivity index (χ2n) is 5.69. The molecule has 0 atom stereocenters.